The van der Waals surface area contributed by atoms with E-state index in [4.69, 9.17) is 9.47 Å². The van der Waals surface area contributed by atoms with Gasteiger partial charge < -0.3 is 14.8 Å². The molecule has 0 aliphatic heterocycles. The summed E-state index contributed by atoms with van der Waals surface area (Å²) >= 11 is 0. The Morgan fingerprint density at radius 1 is 0.861 bits per heavy atom. The van der Waals surface area contributed by atoms with Gasteiger partial charge in [-0.3, -0.25) is 9.59 Å². The third-order valence-electron chi connectivity index (χ3n) is 5.35. The number of rotatable bonds is 9. The highest BCUT2D eigenvalue weighted by Crippen LogP contribution is 2.28. The molecule has 0 heterocycles. The normalized spacial score (nSPS) is 10.8. The Morgan fingerprint density at radius 3 is 2.42 bits per heavy atom. The Balaban J connectivity index is 1.36. The van der Waals surface area contributed by atoms with Gasteiger partial charge in [0.1, 0.15) is 0 Å². The summed E-state index contributed by atoms with van der Waals surface area (Å²) in [5.74, 6) is 0.337. The van der Waals surface area contributed by atoms with E-state index < -0.39 is 0 Å². The molecule has 4 rings (SSSR count). The van der Waals surface area contributed by atoms with Crippen LogP contribution in [0, 0.1) is 6.92 Å². The van der Waals surface area contributed by atoms with Crippen LogP contribution in [0.5, 0.6) is 11.5 Å². The van der Waals surface area contributed by atoms with Gasteiger partial charge in [-0.05, 0) is 72.6 Å². The highest BCUT2D eigenvalue weighted by molar-refractivity contribution is 5.99. The first-order chi connectivity index (χ1) is 17.5. The van der Waals surface area contributed by atoms with Gasteiger partial charge in [0, 0.05) is 11.3 Å². The summed E-state index contributed by atoms with van der Waals surface area (Å²) in [5, 5.41) is 8.92. The fourth-order valence-corrected chi connectivity index (χ4v) is 3.53. The molecule has 0 unspecified atom stereocenters. The first kappa shape index (κ1) is 24.5. The summed E-state index contributed by atoms with van der Waals surface area (Å²) in [6, 6.07) is 26.1. The van der Waals surface area contributed by atoms with Crippen LogP contribution in [0.15, 0.2) is 90.0 Å². The van der Waals surface area contributed by atoms with Crippen LogP contribution in [0.25, 0.3) is 10.8 Å². The van der Waals surface area contributed by atoms with E-state index in [1.165, 1.54) is 6.21 Å². The van der Waals surface area contributed by atoms with Crippen molar-refractivity contribution in [1.29, 1.82) is 0 Å². The van der Waals surface area contributed by atoms with Crippen LogP contribution in [0.1, 0.15) is 28.4 Å². The molecule has 0 radical (unpaired) electrons. The third kappa shape index (κ3) is 6.48. The number of hydrazone groups is 1. The molecular weight excluding hydrogens is 454 g/mol. The SMILES string of the molecule is CCOc1cc(/C=N\NC(=O)c2ccc3ccccc3c2)ccc1OCC(=O)Nc1ccc(C)cc1. The van der Waals surface area contributed by atoms with E-state index in [9.17, 15) is 9.59 Å². The lowest BCUT2D eigenvalue weighted by molar-refractivity contribution is -0.118. The molecular formula is C29H27N3O4. The molecule has 0 saturated heterocycles. The smallest absolute Gasteiger partial charge is 0.271 e. The van der Waals surface area contributed by atoms with Crippen molar-refractivity contribution in [2.75, 3.05) is 18.5 Å². The summed E-state index contributed by atoms with van der Waals surface area (Å²) in [6.07, 6.45) is 1.52. The quantitative estimate of drug-likeness (QED) is 0.250. The van der Waals surface area contributed by atoms with E-state index in [1.54, 1.807) is 24.3 Å². The van der Waals surface area contributed by atoms with Gasteiger partial charge in [0.15, 0.2) is 18.1 Å². The molecule has 0 aliphatic carbocycles. The molecule has 4 aromatic carbocycles. The number of aryl methyl sites for hydroxylation is 1. The van der Waals surface area contributed by atoms with E-state index in [1.807, 2.05) is 74.5 Å². The fourth-order valence-electron chi connectivity index (χ4n) is 3.53. The molecule has 7 heteroatoms. The lowest BCUT2D eigenvalue weighted by Gasteiger charge is -2.12. The Labute approximate surface area is 209 Å². The molecule has 0 saturated carbocycles. The predicted octanol–water partition coefficient (Wildman–Crippen LogP) is 5.33. The standard InChI is InChI=1S/C29H27N3O4/c1-3-35-27-16-21(10-15-26(27)36-19-28(33)31-25-13-8-20(2)9-14-25)18-30-32-29(34)24-12-11-22-6-4-5-7-23(22)17-24/h4-18H,3,19H2,1-2H3,(H,31,33)(H,32,34)/b30-18-. The van der Waals surface area contributed by atoms with Crippen molar-refractivity contribution in [2.24, 2.45) is 5.10 Å². The van der Waals surface area contributed by atoms with Gasteiger partial charge in [-0.1, -0.05) is 48.0 Å². The minimum Gasteiger partial charge on any atom is -0.490 e. The Bertz CT molecular complexity index is 1400. The number of amides is 2. The molecule has 0 atom stereocenters. The summed E-state index contributed by atoms with van der Waals surface area (Å²) in [5.41, 5.74) is 5.59. The predicted molar refractivity (Wildman–Crippen MR) is 142 cm³/mol. The largest absolute Gasteiger partial charge is 0.490 e. The topological polar surface area (TPSA) is 89.0 Å². The minimum absolute atomic E-state index is 0.163. The lowest BCUT2D eigenvalue weighted by atomic mass is 10.1. The van der Waals surface area contributed by atoms with Crippen LogP contribution in [0.3, 0.4) is 0 Å². The number of ether oxygens (including phenoxy) is 2. The molecule has 2 amide bonds. The number of carbonyl (C=O) groups excluding carboxylic acids is 2. The molecule has 0 aliphatic rings. The van der Waals surface area contributed by atoms with Gasteiger partial charge in [0.05, 0.1) is 12.8 Å². The molecule has 0 bridgehead atoms. The second kappa shape index (κ2) is 11.7. The highest BCUT2D eigenvalue weighted by atomic mass is 16.5. The molecule has 182 valence electrons. The van der Waals surface area contributed by atoms with E-state index >= 15 is 0 Å². The lowest BCUT2D eigenvalue weighted by Crippen LogP contribution is -2.20. The van der Waals surface area contributed by atoms with E-state index in [-0.39, 0.29) is 18.4 Å². The average Bonchev–Trinajstić information content (AvgIpc) is 2.89. The molecule has 36 heavy (non-hydrogen) atoms. The van der Waals surface area contributed by atoms with Crippen LogP contribution >= 0.6 is 0 Å². The summed E-state index contributed by atoms with van der Waals surface area (Å²) < 4.78 is 11.4. The van der Waals surface area contributed by atoms with Gasteiger partial charge >= 0.3 is 0 Å². The number of anilines is 1. The molecule has 0 aromatic heterocycles. The Morgan fingerprint density at radius 2 is 1.64 bits per heavy atom. The van der Waals surface area contributed by atoms with Crippen LogP contribution in [0.4, 0.5) is 5.69 Å². The maximum absolute atomic E-state index is 12.5. The van der Waals surface area contributed by atoms with E-state index in [2.05, 4.69) is 15.8 Å². The first-order valence-electron chi connectivity index (χ1n) is 11.6. The summed E-state index contributed by atoms with van der Waals surface area (Å²) in [6.45, 7) is 4.10. The maximum atomic E-state index is 12.5. The third-order valence-corrected chi connectivity index (χ3v) is 5.35. The number of fused-ring (bicyclic) bond motifs is 1. The van der Waals surface area contributed by atoms with Crippen molar-refractivity contribution in [3.63, 3.8) is 0 Å². The van der Waals surface area contributed by atoms with Crippen molar-refractivity contribution in [1.82, 2.24) is 5.43 Å². The molecule has 4 aromatic rings. The summed E-state index contributed by atoms with van der Waals surface area (Å²) in [7, 11) is 0. The Hall–Kier alpha value is -4.65. The zero-order chi connectivity index (χ0) is 25.3. The Kier molecular flexibility index (Phi) is 7.93. The van der Waals surface area contributed by atoms with Gasteiger partial charge in [-0.25, -0.2) is 5.43 Å². The number of nitrogens with one attached hydrogen (secondary N) is 2. The van der Waals surface area contributed by atoms with Crippen LogP contribution < -0.4 is 20.2 Å². The van der Waals surface area contributed by atoms with E-state index in [0.29, 0.717) is 34.9 Å². The zero-order valence-electron chi connectivity index (χ0n) is 20.2. The first-order valence-corrected chi connectivity index (χ1v) is 11.6. The highest BCUT2D eigenvalue weighted by Gasteiger charge is 2.10. The minimum atomic E-state index is -0.304. The van der Waals surface area contributed by atoms with Crippen molar-refractivity contribution in [2.45, 2.75) is 13.8 Å². The molecule has 2 N–H and O–H groups in total. The average molecular weight is 482 g/mol. The van der Waals surface area contributed by atoms with Crippen LogP contribution in [-0.4, -0.2) is 31.2 Å². The molecule has 0 spiro atoms. The number of hydrogen-bond donors (Lipinski definition) is 2. The maximum Gasteiger partial charge on any atom is 0.271 e. The van der Waals surface area contributed by atoms with Crippen LogP contribution in [-0.2, 0) is 4.79 Å². The van der Waals surface area contributed by atoms with Crippen molar-refractivity contribution < 1.29 is 19.1 Å². The molecule has 7 nitrogen and oxygen atoms in total. The number of nitrogens with zero attached hydrogens (tertiary/aromatic N) is 1. The second-order valence-electron chi connectivity index (χ2n) is 8.10. The van der Waals surface area contributed by atoms with Gasteiger partial charge in [-0.15, -0.1) is 0 Å². The van der Waals surface area contributed by atoms with Crippen LogP contribution in [0.2, 0.25) is 0 Å². The number of carbonyl (C=O) groups is 2. The van der Waals surface area contributed by atoms with Crippen molar-refractivity contribution in [3.8, 4) is 11.5 Å². The van der Waals surface area contributed by atoms with Crippen molar-refractivity contribution >= 4 is 34.5 Å². The van der Waals surface area contributed by atoms with Crippen molar-refractivity contribution in [3.05, 3.63) is 102 Å². The molecule has 0 fully saturated rings. The van der Waals surface area contributed by atoms with Gasteiger partial charge in [-0.2, -0.15) is 5.10 Å². The van der Waals surface area contributed by atoms with E-state index in [0.717, 1.165) is 16.3 Å². The monoisotopic (exact) mass is 481 g/mol. The zero-order valence-corrected chi connectivity index (χ0v) is 20.2. The van der Waals surface area contributed by atoms with Gasteiger partial charge in [0.2, 0.25) is 0 Å². The van der Waals surface area contributed by atoms with Gasteiger partial charge in [0.25, 0.3) is 11.8 Å². The summed E-state index contributed by atoms with van der Waals surface area (Å²) in [4.78, 5) is 24.8. The second-order valence-corrected chi connectivity index (χ2v) is 8.10. The number of benzene rings is 4. The number of hydrogen-bond acceptors (Lipinski definition) is 5. The fraction of sp³-hybridized carbons (Fsp3) is 0.138.